The molecular weight excluding hydrogens is 358 g/mol. The Morgan fingerprint density at radius 3 is 2.95 bits per heavy atom. The van der Waals surface area contributed by atoms with Gasteiger partial charge in [-0.15, -0.1) is 6.58 Å². The maximum absolute atomic E-state index is 12.2. The minimum absolute atomic E-state index is 0.0954. The number of thiocarbonyl (C=S) groups is 1. The highest BCUT2D eigenvalue weighted by Crippen LogP contribution is 2.34. The SMILES string of the molecule is C=CCN1C(=O)/C(=C/c2cc(Br)ccc2OC)SC1=S. The van der Waals surface area contributed by atoms with E-state index in [1.807, 2.05) is 18.2 Å². The van der Waals surface area contributed by atoms with Crippen molar-refractivity contribution >= 4 is 56.2 Å². The molecule has 6 heteroatoms. The first kappa shape index (κ1) is 15.3. The number of ether oxygens (including phenoxy) is 1. The van der Waals surface area contributed by atoms with Gasteiger partial charge in [-0.25, -0.2) is 0 Å². The summed E-state index contributed by atoms with van der Waals surface area (Å²) < 4.78 is 6.77. The van der Waals surface area contributed by atoms with E-state index < -0.39 is 0 Å². The summed E-state index contributed by atoms with van der Waals surface area (Å²) in [5.41, 5.74) is 0.834. The van der Waals surface area contributed by atoms with Gasteiger partial charge in [0.15, 0.2) is 0 Å². The number of thioether (sulfide) groups is 1. The number of carbonyl (C=O) groups is 1. The molecule has 0 saturated carbocycles. The highest BCUT2D eigenvalue weighted by Gasteiger charge is 2.31. The molecule has 1 fully saturated rings. The van der Waals surface area contributed by atoms with Crippen LogP contribution in [0.15, 0.2) is 40.2 Å². The van der Waals surface area contributed by atoms with Gasteiger partial charge in [0.25, 0.3) is 5.91 Å². The van der Waals surface area contributed by atoms with Gasteiger partial charge in [0.2, 0.25) is 0 Å². The molecule has 0 radical (unpaired) electrons. The van der Waals surface area contributed by atoms with E-state index in [1.54, 1.807) is 19.3 Å². The first-order valence-corrected chi connectivity index (χ1v) is 7.78. The Bertz CT molecular complexity index is 613. The van der Waals surface area contributed by atoms with Crippen LogP contribution in [0.5, 0.6) is 5.75 Å². The normalized spacial score (nSPS) is 16.9. The van der Waals surface area contributed by atoms with Gasteiger partial charge in [0.1, 0.15) is 10.1 Å². The largest absolute Gasteiger partial charge is 0.496 e. The molecule has 1 aliphatic heterocycles. The second-order valence-corrected chi connectivity index (χ2v) is 6.56. The fourth-order valence-electron chi connectivity index (χ4n) is 1.75. The van der Waals surface area contributed by atoms with Crippen LogP contribution in [0.4, 0.5) is 0 Å². The van der Waals surface area contributed by atoms with E-state index in [-0.39, 0.29) is 5.91 Å². The Balaban J connectivity index is 2.37. The summed E-state index contributed by atoms with van der Waals surface area (Å²) in [4.78, 5) is 14.4. The zero-order valence-electron chi connectivity index (χ0n) is 10.8. The van der Waals surface area contributed by atoms with Crippen LogP contribution in [0.2, 0.25) is 0 Å². The van der Waals surface area contributed by atoms with E-state index >= 15 is 0 Å². The predicted molar refractivity (Wildman–Crippen MR) is 90.8 cm³/mol. The highest BCUT2D eigenvalue weighted by molar-refractivity contribution is 9.10. The van der Waals surface area contributed by atoms with E-state index in [0.29, 0.717) is 21.5 Å². The van der Waals surface area contributed by atoms with Gasteiger partial charge in [-0.1, -0.05) is 46.0 Å². The molecule has 1 aromatic rings. The molecular formula is C14H12BrNO2S2. The number of rotatable bonds is 4. The van der Waals surface area contributed by atoms with E-state index in [4.69, 9.17) is 17.0 Å². The van der Waals surface area contributed by atoms with Crippen molar-refractivity contribution in [2.45, 2.75) is 0 Å². The van der Waals surface area contributed by atoms with Gasteiger partial charge in [-0.05, 0) is 24.3 Å². The van der Waals surface area contributed by atoms with Crippen molar-refractivity contribution in [3.63, 3.8) is 0 Å². The van der Waals surface area contributed by atoms with Crippen molar-refractivity contribution in [3.8, 4) is 5.75 Å². The van der Waals surface area contributed by atoms with Crippen LogP contribution < -0.4 is 4.74 Å². The van der Waals surface area contributed by atoms with Crippen molar-refractivity contribution in [1.29, 1.82) is 0 Å². The van der Waals surface area contributed by atoms with E-state index in [1.165, 1.54) is 16.7 Å². The molecule has 0 bridgehead atoms. The monoisotopic (exact) mass is 369 g/mol. The molecule has 0 atom stereocenters. The third-order valence-corrected chi connectivity index (χ3v) is 4.53. The molecule has 1 heterocycles. The molecule has 0 N–H and O–H groups in total. The Morgan fingerprint density at radius 1 is 1.55 bits per heavy atom. The second-order valence-electron chi connectivity index (χ2n) is 3.97. The molecule has 0 unspecified atom stereocenters. The van der Waals surface area contributed by atoms with Crippen LogP contribution >= 0.6 is 39.9 Å². The third kappa shape index (κ3) is 3.13. The number of amides is 1. The first-order chi connectivity index (χ1) is 9.56. The van der Waals surface area contributed by atoms with E-state index in [2.05, 4.69) is 22.5 Å². The Morgan fingerprint density at radius 2 is 2.30 bits per heavy atom. The second kappa shape index (κ2) is 6.56. The number of benzene rings is 1. The van der Waals surface area contributed by atoms with Gasteiger partial charge in [-0.3, -0.25) is 9.69 Å². The number of carbonyl (C=O) groups excluding carboxylic acids is 1. The Kier molecular flexibility index (Phi) is 5.01. The van der Waals surface area contributed by atoms with Crippen LogP contribution in [-0.2, 0) is 4.79 Å². The van der Waals surface area contributed by atoms with Crippen molar-refractivity contribution in [3.05, 3.63) is 45.8 Å². The van der Waals surface area contributed by atoms with Gasteiger partial charge in [0, 0.05) is 16.6 Å². The topological polar surface area (TPSA) is 29.5 Å². The van der Waals surface area contributed by atoms with Crippen LogP contribution in [-0.4, -0.2) is 28.8 Å². The van der Waals surface area contributed by atoms with Crippen LogP contribution in [0.3, 0.4) is 0 Å². The minimum atomic E-state index is -0.0954. The van der Waals surface area contributed by atoms with Crippen LogP contribution in [0.25, 0.3) is 6.08 Å². The van der Waals surface area contributed by atoms with E-state index in [0.717, 1.165) is 10.0 Å². The lowest BCUT2D eigenvalue weighted by molar-refractivity contribution is -0.121. The predicted octanol–water partition coefficient (Wildman–Crippen LogP) is 3.84. The fourth-order valence-corrected chi connectivity index (χ4v) is 3.39. The number of halogens is 1. The van der Waals surface area contributed by atoms with Crippen molar-refractivity contribution < 1.29 is 9.53 Å². The molecule has 20 heavy (non-hydrogen) atoms. The molecule has 1 amide bonds. The smallest absolute Gasteiger partial charge is 0.266 e. The molecule has 104 valence electrons. The lowest BCUT2D eigenvalue weighted by atomic mass is 10.2. The summed E-state index contributed by atoms with van der Waals surface area (Å²) >= 11 is 9.91. The molecule has 0 aromatic heterocycles. The summed E-state index contributed by atoms with van der Waals surface area (Å²) in [5, 5.41) is 0. The third-order valence-electron chi connectivity index (χ3n) is 2.66. The summed E-state index contributed by atoms with van der Waals surface area (Å²) in [5.74, 6) is 0.615. The molecule has 1 aliphatic rings. The minimum Gasteiger partial charge on any atom is -0.496 e. The number of methoxy groups -OCH3 is 1. The molecule has 0 aliphatic carbocycles. The number of hydrogen-bond acceptors (Lipinski definition) is 4. The maximum atomic E-state index is 12.2. The zero-order chi connectivity index (χ0) is 14.7. The summed E-state index contributed by atoms with van der Waals surface area (Å²) in [6, 6.07) is 5.64. The van der Waals surface area contributed by atoms with Crippen LogP contribution in [0, 0.1) is 0 Å². The lowest BCUT2D eigenvalue weighted by Crippen LogP contribution is -2.27. The van der Waals surface area contributed by atoms with Gasteiger partial charge < -0.3 is 4.74 Å². The average Bonchev–Trinajstić information content (AvgIpc) is 2.67. The average molecular weight is 370 g/mol. The van der Waals surface area contributed by atoms with Crippen molar-refractivity contribution in [2.24, 2.45) is 0 Å². The zero-order valence-corrected chi connectivity index (χ0v) is 14.0. The first-order valence-electron chi connectivity index (χ1n) is 5.76. The molecule has 3 nitrogen and oxygen atoms in total. The summed E-state index contributed by atoms with van der Waals surface area (Å²) in [7, 11) is 1.60. The molecule has 0 spiro atoms. The van der Waals surface area contributed by atoms with Gasteiger partial charge in [0.05, 0.1) is 12.0 Å². The van der Waals surface area contributed by atoms with E-state index in [9.17, 15) is 4.79 Å². The lowest BCUT2D eigenvalue weighted by Gasteiger charge is -2.10. The van der Waals surface area contributed by atoms with Crippen molar-refractivity contribution in [2.75, 3.05) is 13.7 Å². The summed E-state index contributed by atoms with van der Waals surface area (Å²) in [6.45, 7) is 4.06. The van der Waals surface area contributed by atoms with Gasteiger partial charge in [-0.2, -0.15) is 0 Å². The Hall–Kier alpha value is -1.11. The van der Waals surface area contributed by atoms with Crippen LogP contribution in [0.1, 0.15) is 5.56 Å². The quantitative estimate of drug-likeness (QED) is 0.458. The Labute approximate surface area is 135 Å². The van der Waals surface area contributed by atoms with Crippen molar-refractivity contribution in [1.82, 2.24) is 4.90 Å². The van der Waals surface area contributed by atoms with Gasteiger partial charge >= 0.3 is 0 Å². The highest BCUT2D eigenvalue weighted by atomic mass is 79.9. The maximum Gasteiger partial charge on any atom is 0.266 e. The summed E-state index contributed by atoms with van der Waals surface area (Å²) in [6.07, 6.45) is 3.46. The molecule has 1 saturated heterocycles. The molecule has 1 aromatic carbocycles. The number of nitrogens with zero attached hydrogens (tertiary/aromatic N) is 1. The molecule has 2 rings (SSSR count). The fraction of sp³-hybridized carbons (Fsp3) is 0.143. The standard InChI is InChI=1S/C14H12BrNO2S2/c1-3-6-16-13(17)12(20-14(16)19)8-9-7-10(15)4-5-11(9)18-2/h3-5,7-8H,1,6H2,2H3/b12-8-. The number of hydrogen-bond donors (Lipinski definition) is 0.